The Morgan fingerprint density at radius 2 is 1.79 bits per heavy atom. The van der Waals surface area contributed by atoms with Crippen LogP contribution in [0.4, 0.5) is 5.13 Å². The molecule has 28 heavy (non-hydrogen) atoms. The molecule has 0 aliphatic carbocycles. The predicted octanol–water partition coefficient (Wildman–Crippen LogP) is 3.15. The van der Waals surface area contributed by atoms with Gasteiger partial charge in [0.1, 0.15) is 5.75 Å². The summed E-state index contributed by atoms with van der Waals surface area (Å²) < 4.78 is 5.00. The number of rotatable bonds is 4. The van der Waals surface area contributed by atoms with Gasteiger partial charge in [-0.1, -0.05) is 17.4 Å². The first kappa shape index (κ1) is 18.6. The zero-order chi connectivity index (χ0) is 19.5. The van der Waals surface area contributed by atoms with E-state index in [1.54, 1.807) is 46.9 Å². The first-order valence-corrected chi connectivity index (χ1v) is 10.5. The van der Waals surface area contributed by atoms with Crippen LogP contribution in [0.3, 0.4) is 0 Å². The van der Waals surface area contributed by atoms with E-state index in [2.05, 4.69) is 15.1 Å². The molecule has 0 atom stereocenters. The van der Waals surface area contributed by atoms with E-state index in [-0.39, 0.29) is 11.9 Å². The number of amides is 1. The molecule has 1 fully saturated rings. The van der Waals surface area contributed by atoms with Crippen LogP contribution in [0.25, 0.3) is 9.88 Å². The molecule has 4 rings (SSSR count). The molecule has 1 saturated heterocycles. The molecule has 3 aromatic rings. The summed E-state index contributed by atoms with van der Waals surface area (Å²) in [6.45, 7) is 4.03. The Labute approximate surface area is 170 Å². The van der Waals surface area contributed by atoms with Crippen molar-refractivity contribution in [2.45, 2.75) is 6.92 Å². The number of carbonyl (C=O) groups excluding carboxylic acids is 2. The van der Waals surface area contributed by atoms with Crippen LogP contribution < -0.4 is 9.64 Å². The van der Waals surface area contributed by atoms with Crippen molar-refractivity contribution >= 4 is 39.7 Å². The average Bonchev–Trinajstić information content (AvgIpc) is 3.39. The maximum Gasteiger partial charge on any atom is 0.308 e. The Balaban J connectivity index is 1.36. The Kier molecular flexibility index (Phi) is 5.36. The van der Waals surface area contributed by atoms with Crippen LogP contribution in [-0.2, 0) is 4.79 Å². The minimum atomic E-state index is -0.380. The first-order chi connectivity index (χ1) is 13.6. The van der Waals surface area contributed by atoms with Gasteiger partial charge < -0.3 is 14.5 Å². The quantitative estimate of drug-likeness (QED) is 0.482. The maximum atomic E-state index is 12.7. The van der Waals surface area contributed by atoms with E-state index >= 15 is 0 Å². The van der Waals surface area contributed by atoms with Crippen LogP contribution in [0, 0.1) is 0 Å². The molecule has 0 N–H and O–H groups in total. The molecule has 9 heteroatoms. The van der Waals surface area contributed by atoms with Gasteiger partial charge in [0, 0.05) is 38.7 Å². The topological polar surface area (TPSA) is 75.6 Å². The van der Waals surface area contributed by atoms with E-state index in [4.69, 9.17) is 4.74 Å². The Morgan fingerprint density at radius 3 is 2.43 bits per heavy atom. The number of thiophene rings is 1. The fraction of sp³-hybridized carbons (Fsp3) is 0.263. The molecule has 1 aromatic carbocycles. The lowest BCUT2D eigenvalue weighted by molar-refractivity contribution is -0.131. The lowest BCUT2D eigenvalue weighted by Gasteiger charge is -2.34. The van der Waals surface area contributed by atoms with Crippen LogP contribution in [0.5, 0.6) is 5.75 Å². The largest absolute Gasteiger partial charge is 0.427 e. The molecular formula is C19H18N4O3S2. The molecule has 0 unspecified atom stereocenters. The summed E-state index contributed by atoms with van der Waals surface area (Å²) in [6, 6.07) is 10.7. The summed E-state index contributed by atoms with van der Waals surface area (Å²) in [5.41, 5.74) is 0.584. The minimum absolute atomic E-state index is 0.0226. The highest BCUT2D eigenvalue weighted by Gasteiger charge is 2.24. The summed E-state index contributed by atoms with van der Waals surface area (Å²) >= 11 is 3.23. The number of ether oxygens (including phenoxy) is 1. The number of carbonyl (C=O) groups is 2. The fourth-order valence-electron chi connectivity index (χ4n) is 2.96. The van der Waals surface area contributed by atoms with E-state index in [0.717, 1.165) is 28.1 Å². The van der Waals surface area contributed by atoms with Crippen LogP contribution in [0.1, 0.15) is 17.3 Å². The smallest absolute Gasteiger partial charge is 0.308 e. The number of piperazine rings is 1. The molecule has 2 aromatic heterocycles. The third kappa shape index (κ3) is 4.05. The van der Waals surface area contributed by atoms with Crippen molar-refractivity contribution in [1.82, 2.24) is 15.1 Å². The first-order valence-electron chi connectivity index (χ1n) is 8.80. The third-order valence-corrected chi connectivity index (χ3v) is 6.37. The third-order valence-electron chi connectivity index (χ3n) is 4.35. The number of nitrogens with zero attached hydrogens (tertiary/aromatic N) is 4. The van der Waals surface area contributed by atoms with E-state index in [0.29, 0.717) is 24.4 Å². The van der Waals surface area contributed by atoms with Gasteiger partial charge in [0.25, 0.3) is 5.91 Å². The Morgan fingerprint density at radius 1 is 1.04 bits per heavy atom. The lowest BCUT2D eigenvalue weighted by Crippen LogP contribution is -2.48. The molecule has 7 nitrogen and oxygen atoms in total. The average molecular weight is 415 g/mol. The van der Waals surface area contributed by atoms with Crippen molar-refractivity contribution in [3.63, 3.8) is 0 Å². The van der Waals surface area contributed by atoms with Gasteiger partial charge in [0.15, 0.2) is 5.01 Å². The normalized spacial score (nSPS) is 14.2. The van der Waals surface area contributed by atoms with Crippen molar-refractivity contribution in [3.8, 4) is 15.6 Å². The van der Waals surface area contributed by atoms with Crippen molar-refractivity contribution in [1.29, 1.82) is 0 Å². The summed E-state index contributed by atoms with van der Waals surface area (Å²) in [5, 5.41) is 12.4. The monoisotopic (exact) mass is 414 g/mol. The summed E-state index contributed by atoms with van der Waals surface area (Å²) in [4.78, 5) is 28.8. The maximum absolute atomic E-state index is 12.7. The highest BCUT2D eigenvalue weighted by molar-refractivity contribution is 7.22. The highest BCUT2D eigenvalue weighted by atomic mass is 32.1. The van der Waals surface area contributed by atoms with Crippen LogP contribution in [0.2, 0.25) is 0 Å². The van der Waals surface area contributed by atoms with Crippen molar-refractivity contribution < 1.29 is 14.3 Å². The lowest BCUT2D eigenvalue weighted by atomic mass is 10.1. The number of benzene rings is 1. The van der Waals surface area contributed by atoms with Crippen LogP contribution >= 0.6 is 22.7 Å². The van der Waals surface area contributed by atoms with Crippen molar-refractivity contribution in [2.75, 3.05) is 31.1 Å². The second-order valence-corrected chi connectivity index (χ2v) is 8.17. The molecule has 0 radical (unpaired) electrons. The zero-order valence-electron chi connectivity index (χ0n) is 15.2. The minimum Gasteiger partial charge on any atom is -0.427 e. The molecule has 144 valence electrons. The number of hydrogen-bond acceptors (Lipinski definition) is 8. The number of esters is 1. The van der Waals surface area contributed by atoms with Gasteiger partial charge in [0.2, 0.25) is 5.13 Å². The van der Waals surface area contributed by atoms with E-state index in [1.165, 1.54) is 6.92 Å². The van der Waals surface area contributed by atoms with E-state index < -0.39 is 0 Å². The zero-order valence-corrected chi connectivity index (χ0v) is 16.8. The van der Waals surface area contributed by atoms with Crippen molar-refractivity contribution in [3.05, 3.63) is 47.3 Å². The molecule has 0 saturated carbocycles. The molecule has 0 spiro atoms. The SMILES string of the molecule is CC(=O)Oc1ccc(C(=O)N2CCN(c3nnc(-c4cccs4)s3)CC2)cc1. The number of anilines is 1. The Bertz CT molecular complexity index is 961. The van der Waals surface area contributed by atoms with E-state index in [9.17, 15) is 9.59 Å². The van der Waals surface area contributed by atoms with Gasteiger partial charge in [-0.05, 0) is 35.7 Å². The second kappa shape index (κ2) is 8.07. The number of aromatic nitrogens is 2. The van der Waals surface area contributed by atoms with Gasteiger partial charge in [-0.3, -0.25) is 9.59 Å². The van der Waals surface area contributed by atoms with Gasteiger partial charge in [-0.25, -0.2) is 0 Å². The molecule has 1 aliphatic heterocycles. The van der Waals surface area contributed by atoms with Gasteiger partial charge in [-0.15, -0.1) is 21.5 Å². The van der Waals surface area contributed by atoms with Gasteiger partial charge >= 0.3 is 5.97 Å². The molecule has 3 heterocycles. The molecule has 1 amide bonds. The Hall–Kier alpha value is -2.78. The standard InChI is InChI=1S/C19H18N4O3S2/c1-13(24)26-15-6-4-14(5-7-15)18(25)22-8-10-23(11-9-22)19-21-20-17(28-19)16-3-2-12-27-16/h2-7,12H,8-11H2,1H3. The second-order valence-electron chi connectivity index (χ2n) is 6.26. The molecular weight excluding hydrogens is 396 g/mol. The van der Waals surface area contributed by atoms with Gasteiger partial charge in [0.05, 0.1) is 4.88 Å². The summed E-state index contributed by atoms with van der Waals surface area (Å²) in [6.07, 6.45) is 0. The van der Waals surface area contributed by atoms with Gasteiger partial charge in [-0.2, -0.15) is 0 Å². The predicted molar refractivity (Wildman–Crippen MR) is 109 cm³/mol. The molecule has 0 bridgehead atoms. The highest BCUT2D eigenvalue weighted by Crippen LogP contribution is 2.31. The summed E-state index contributed by atoms with van der Waals surface area (Å²) in [7, 11) is 0. The number of hydrogen-bond donors (Lipinski definition) is 0. The van der Waals surface area contributed by atoms with Crippen LogP contribution in [-0.4, -0.2) is 53.2 Å². The van der Waals surface area contributed by atoms with Crippen LogP contribution in [0.15, 0.2) is 41.8 Å². The van der Waals surface area contributed by atoms with Crippen molar-refractivity contribution in [2.24, 2.45) is 0 Å². The fourth-order valence-corrected chi connectivity index (χ4v) is 4.65. The molecule has 1 aliphatic rings. The summed E-state index contributed by atoms with van der Waals surface area (Å²) in [5.74, 6) is 0.0337. The van der Waals surface area contributed by atoms with E-state index in [1.807, 2.05) is 22.4 Å².